The smallest absolute Gasteiger partial charge is 0.258 e. The van der Waals surface area contributed by atoms with Crippen LogP contribution in [0.1, 0.15) is 24.2 Å². The van der Waals surface area contributed by atoms with Gasteiger partial charge in [-0.25, -0.2) is 0 Å². The van der Waals surface area contributed by atoms with Gasteiger partial charge in [0.1, 0.15) is 5.75 Å². The fourth-order valence-corrected chi connectivity index (χ4v) is 2.73. The van der Waals surface area contributed by atoms with Gasteiger partial charge in [-0.3, -0.25) is 10.1 Å². The number of hydrogen-bond donors (Lipinski definition) is 2. The van der Waals surface area contributed by atoms with Crippen LogP contribution in [-0.4, -0.2) is 17.1 Å². The van der Waals surface area contributed by atoms with Gasteiger partial charge in [0.05, 0.1) is 17.4 Å². The van der Waals surface area contributed by atoms with Crippen molar-refractivity contribution < 1.29 is 9.53 Å². The molecule has 1 amide bonds. The zero-order valence-electron chi connectivity index (χ0n) is 12.8. The number of benzene rings is 2. The first-order valence-electron chi connectivity index (χ1n) is 7.10. The summed E-state index contributed by atoms with van der Waals surface area (Å²) in [6, 6.07) is 14.8. The largest absolute Gasteiger partial charge is 0.489 e. The third-order valence-corrected chi connectivity index (χ3v) is 3.99. The molecule has 0 atom stereocenters. The van der Waals surface area contributed by atoms with Gasteiger partial charge in [-0.15, -0.1) is 0 Å². The summed E-state index contributed by atoms with van der Waals surface area (Å²) in [6.45, 7) is 3.91. The lowest BCUT2D eigenvalue weighted by Crippen LogP contribution is -2.34. The lowest BCUT2D eigenvalue weighted by molar-refractivity contribution is 0.0977. The summed E-state index contributed by atoms with van der Waals surface area (Å²) < 4.78 is 6.59. The molecule has 6 heteroatoms. The molecule has 0 fully saturated rings. The van der Waals surface area contributed by atoms with E-state index in [4.69, 9.17) is 17.0 Å². The average molecular weight is 440 g/mol. The number of carbonyl (C=O) groups is 1. The second kappa shape index (κ2) is 8.26. The van der Waals surface area contributed by atoms with Crippen molar-refractivity contribution in [2.45, 2.75) is 20.0 Å². The minimum absolute atomic E-state index is 0.0482. The molecule has 0 saturated heterocycles. The van der Waals surface area contributed by atoms with Gasteiger partial charge in [0.25, 0.3) is 5.91 Å². The van der Waals surface area contributed by atoms with E-state index in [1.165, 1.54) is 0 Å². The van der Waals surface area contributed by atoms with Crippen molar-refractivity contribution in [3.05, 3.63) is 57.7 Å². The molecular formula is C17H17IN2O2S. The third-order valence-electron chi connectivity index (χ3n) is 2.84. The zero-order chi connectivity index (χ0) is 16.8. The summed E-state index contributed by atoms with van der Waals surface area (Å²) in [4.78, 5) is 12.3. The highest BCUT2D eigenvalue weighted by molar-refractivity contribution is 14.1. The molecule has 0 saturated carbocycles. The summed E-state index contributed by atoms with van der Waals surface area (Å²) in [5.74, 6) is 0.447. The van der Waals surface area contributed by atoms with E-state index in [2.05, 4.69) is 33.2 Å². The van der Waals surface area contributed by atoms with Crippen molar-refractivity contribution in [3.8, 4) is 5.75 Å². The standard InChI is InChI=1S/C17H17IN2O2S/c1-11(2)22-15-10-6-5-9-14(15)19-17(23)20-16(21)12-7-3-4-8-13(12)18/h3-11H,1-2H3,(H2,19,20,21,23). The average Bonchev–Trinajstić information content (AvgIpc) is 2.49. The second-order valence-electron chi connectivity index (χ2n) is 5.05. The molecule has 120 valence electrons. The maximum absolute atomic E-state index is 12.3. The number of carbonyl (C=O) groups excluding carboxylic acids is 1. The predicted molar refractivity (Wildman–Crippen MR) is 105 cm³/mol. The van der Waals surface area contributed by atoms with E-state index in [9.17, 15) is 4.79 Å². The van der Waals surface area contributed by atoms with Crippen LogP contribution in [0.3, 0.4) is 0 Å². The van der Waals surface area contributed by atoms with Crippen molar-refractivity contribution in [3.63, 3.8) is 0 Å². The van der Waals surface area contributed by atoms with Crippen LogP contribution in [0.4, 0.5) is 5.69 Å². The van der Waals surface area contributed by atoms with E-state index in [1.807, 2.05) is 56.3 Å². The molecule has 0 bridgehead atoms. The van der Waals surface area contributed by atoms with Gasteiger partial charge in [-0.05, 0) is 72.9 Å². The molecule has 0 aliphatic rings. The van der Waals surface area contributed by atoms with E-state index in [1.54, 1.807) is 6.07 Å². The molecule has 0 aromatic heterocycles. The fraction of sp³-hybridized carbons (Fsp3) is 0.176. The number of halogens is 1. The van der Waals surface area contributed by atoms with Gasteiger partial charge in [-0.1, -0.05) is 24.3 Å². The fourth-order valence-electron chi connectivity index (χ4n) is 1.90. The molecule has 0 aliphatic carbocycles. The van der Waals surface area contributed by atoms with E-state index in [0.29, 0.717) is 17.0 Å². The topological polar surface area (TPSA) is 50.4 Å². The van der Waals surface area contributed by atoms with Crippen molar-refractivity contribution in [1.82, 2.24) is 5.32 Å². The predicted octanol–water partition coefficient (Wildman–Crippen LogP) is 4.21. The summed E-state index contributed by atoms with van der Waals surface area (Å²) in [6.07, 6.45) is 0.0482. The number of hydrogen-bond acceptors (Lipinski definition) is 3. The molecule has 0 spiro atoms. The summed E-state index contributed by atoms with van der Waals surface area (Å²) in [5.41, 5.74) is 1.30. The molecule has 4 nitrogen and oxygen atoms in total. The first-order chi connectivity index (χ1) is 11.0. The molecule has 2 N–H and O–H groups in total. The third kappa shape index (κ3) is 5.18. The summed E-state index contributed by atoms with van der Waals surface area (Å²) in [5, 5.41) is 5.93. The molecule has 0 aliphatic heterocycles. The maximum atomic E-state index is 12.3. The number of thiocarbonyl (C=S) groups is 1. The Morgan fingerprint density at radius 1 is 1.13 bits per heavy atom. The number of ether oxygens (including phenoxy) is 1. The molecular weight excluding hydrogens is 423 g/mol. The lowest BCUT2D eigenvalue weighted by Gasteiger charge is -2.16. The van der Waals surface area contributed by atoms with Gasteiger partial charge in [0.15, 0.2) is 5.11 Å². The highest BCUT2D eigenvalue weighted by atomic mass is 127. The van der Waals surface area contributed by atoms with Crippen LogP contribution in [0.15, 0.2) is 48.5 Å². The van der Waals surface area contributed by atoms with Gasteiger partial charge < -0.3 is 10.1 Å². The highest BCUT2D eigenvalue weighted by Gasteiger charge is 2.12. The Morgan fingerprint density at radius 3 is 2.48 bits per heavy atom. The zero-order valence-corrected chi connectivity index (χ0v) is 15.8. The SMILES string of the molecule is CC(C)Oc1ccccc1NC(=S)NC(=O)c1ccccc1I. The van der Waals surface area contributed by atoms with Gasteiger partial charge in [0, 0.05) is 3.57 Å². The number of nitrogens with one attached hydrogen (secondary N) is 2. The van der Waals surface area contributed by atoms with E-state index in [-0.39, 0.29) is 17.1 Å². The molecule has 2 aromatic carbocycles. The quantitative estimate of drug-likeness (QED) is 0.553. The normalized spacial score (nSPS) is 10.3. The first kappa shape index (κ1) is 17.7. The van der Waals surface area contributed by atoms with Crippen molar-refractivity contribution in [1.29, 1.82) is 0 Å². The summed E-state index contributed by atoms with van der Waals surface area (Å²) in [7, 11) is 0. The van der Waals surface area contributed by atoms with Gasteiger partial charge in [-0.2, -0.15) is 0 Å². The number of anilines is 1. The molecule has 0 heterocycles. The van der Waals surface area contributed by atoms with E-state index < -0.39 is 0 Å². The molecule has 23 heavy (non-hydrogen) atoms. The lowest BCUT2D eigenvalue weighted by atomic mass is 10.2. The van der Waals surface area contributed by atoms with Crippen LogP contribution >= 0.6 is 34.8 Å². The first-order valence-corrected chi connectivity index (χ1v) is 8.58. The van der Waals surface area contributed by atoms with Gasteiger partial charge >= 0.3 is 0 Å². The summed E-state index contributed by atoms with van der Waals surface area (Å²) >= 11 is 7.35. The number of amides is 1. The van der Waals surface area contributed by atoms with Gasteiger partial charge in [0.2, 0.25) is 0 Å². The van der Waals surface area contributed by atoms with Crippen molar-refractivity contribution in [2.75, 3.05) is 5.32 Å². The van der Waals surface area contributed by atoms with Crippen LogP contribution in [0.25, 0.3) is 0 Å². The van der Waals surface area contributed by atoms with Crippen LogP contribution in [0.2, 0.25) is 0 Å². The highest BCUT2D eigenvalue weighted by Crippen LogP contribution is 2.24. The minimum Gasteiger partial charge on any atom is -0.489 e. The maximum Gasteiger partial charge on any atom is 0.258 e. The second-order valence-corrected chi connectivity index (χ2v) is 6.62. The Hall–Kier alpha value is -1.67. The Kier molecular flexibility index (Phi) is 6.35. The van der Waals surface area contributed by atoms with Crippen LogP contribution in [-0.2, 0) is 0 Å². The van der Waals surface area contributed by atoms with E-state index >= 15 is 0 Å². The molecule has 2 rings (SSSR count). The van der Waals surface area contributed by atoms with Crippen LogP contribution < -0.4 is 15.4 Å². The van der Waals surface area contributed by atoms with E-state index in [0.717, 1.165) is 3.57 Å². The Labute approximate surface area is 154 Å². The monoisotopic (exact) mass is 440 g/mol. The molecule has 0 radical (unpaired) electrons. The van der Waals surface area contributed by atoms with Crippen molar-refractivity contribution >= 4 is 51.5 Å². The van der Waals surface area contributed by atoms with Crippen LogP contribution in [0.5, 0.6) is 5.75 Å². The number of rotatable bonds is 4. The molecule has 2 aromatic rings. The Bertz CT molecular complexity index is 719. The minimum atomic E-state index is -0.241. The number of para-hydroxylation sites is 2. The Balaban J connectivity index is 2.06. The van der Waals surface area contributed by atoms with Crippen LogP contribution in [0, 0.1) is 3.57 Å². The van der Waals surface area contributed by atoms with Crippen molar-refractivity contribution in [2.24, 2.45) is 0 Å². The molecule has 0 unspecified atom stereocenters. The Morgan fingerprint density at radius 2 is 1.78 bits per heavy atom.